The topological polar surface area (TPSA) is 49.4 Å². The molecule has 0 bridgehead atoms. The number of hydrogen-bond donors (Lipinski definition) is 1. The second kappa shape index (κ2) is 5.93. The number of amides is 2. The molecule has 1 heterocycles. The molecular formula is C15H26N2O2. The Morgan fingerprint density at radius 2 is 1.89 bits per heavy atom. The van der Waals surface area contributed by atoms with E-state index in [0.29, 0.717) is 19.0 Å². The molecule has 0 aromatic heterocycles. The van der Waals surface area contributed by atoms with E-state index in [4.69, 9.17) is 0 Å². The minimum Gasteiger partial charge on any atom is -0.353 e. The van der Waals surface area contributed by atoms with Gasteiger partial charge in [-0.1, -0.05) is 6.92 Å². The summed E-state index contributed by atoms with van der Waals surface area (Å²) < 4.78 is 0. The molecule has 0 radical (unpaired) electrons. The predicted octanol–water partition coefficient (Wildman–Crippen LogP) is 1.94. The van der Waals surface area contributed by atoms with Gasteiger partial charge in [-0.3, -0.25) is 9.59 Å². The number of nitrogens with one attached hydrogen (secondary N) is 1. The highest BCUT2D eigenvalue weighted by Gasteiger charge is 2.36. The summed E-state index contributed by atoms with van der Waals surface area (Å²) in [6.07, 6.45) is 4.95. The zero-order valence-electron chi connectivity index (χ0n) is 12.3. The van der Waals surface area contributed by atoms with Crippen LogP contribution < -0.4 is 5.32 Å². The van der Waals surface area contributed by atoms with Crippen molar-refractivity contribution >= 4 is 11.8 Å². The maximum Gasteiger partial charge on any atom is 0.225 e. The summed E-state index contributed by atoms with van der Waals surface area (Å²) in [5.41, 5.74) is 0. The summed E-state index contributed by atoms with van der Waals surface area (Å²) in [4.78, 5) is 25.8. The SMILES string of the molecule is CC1CCC(NC(=O)C2CC(=O)N(C(C)C)C2)CC1. The van der Waals surface area contributed by atoms with Crippen LogP contribution in [0.2, 0.25) is 0 Å². The molecule has 2 rings (SSSR count). The predicted molar refractivity (Wildman–Crippen MR) is 74.5 cm³/mol. The molecule has 0 aromatic rings. The number of rotatable bonds is 3. The van der Waals surface area contributed by atoms with Crippen molar-refractivity contribution in [1.82, 2.24) is 10.2 Å². The van der Waals surface area contributed by atoms with E-state index in [1.807, 2.05) is 18.7 Å². The summed E-state index contributed by atoms with van der Waals surface area (Å²) in [5, 5.41) is 3.14. The molecule has 0 spiro atoms. The molecule has 1 N–H and O–H groups in total. The average molecular weight is 266 g/mol. The molecule has 1 unspecified atom stereocenters. The van der Waals surface area contributed by atoms with Gasteiger partial charge < -0.3 is 10.2 Å². The monoisotopic (exact) mass is 266 g/mol. The largest absolute Gasteiger partial charge is 0.353 e. The molecule has 1 aliphatic heterocycles. The Hall–Kier alpha value is -1.06. The highest BCUT2D eigenvalue weighted by Crippen LogP contribution is 2.25. The third kappa shape index (κ3) is 3.48. The van der Waals surface area contributed by atoms with E-state index in [2.05, 4.69) is 12.2 Å². The van der Waals surface area contributed by atoms with Crippen LogP contribution in [0, 0.1) is 11.8 Å². The van der Waals surface area contributed by atoms with Crippen LogP contribution >= 0.6 is 0 Å². The van der Waals surface area contributed by atoms with E-state index < -0.39 is 0 Å². The molecule has 1 saturated heterocycles. The van der Waals surface area contributed by atoms with E-state index in [9.17, 15) is 9.59 Å². The van der Waals surface area contributed by atoms with Gasteiger partial charge in [-0.25, -0.2) is 0 Å². The van der Waals surface area contributed by atoms with Gasteiger partial charge >= 0.3 is 0 Å². The zero-order valence-corrected chi connectivity index (χ0v) is 12.3. The van der Waals surface area contributed by atoms with Crippen molar-refractivity contribution in [3.8, 4) is 0 Å². The number of hydrogen-bond acceptors (Lipinski definition) is 2. The Kier molecular flexibility index (Phi) is 4.48. The Morgan fingerprint density at radius 1 is 1.26 bits per heavy atom. The Labute approximate surface area is 115 Å². The van der Waals surface area contributed by atoms with Crippen molar-refractivity contribution < 1.29 is 9.59 Å². The second-order valence-corrected chi connectivity index (χ2v) is 6.51. The van der Waals surface area contributed by atoms with Crippen molar-refractivity contribution in [3.63, 3.8) is 0 Å². The fourth-order valence-corrected chi connectivity index (χ4v) is 3.13. The molecule has 2 aliphatic rings. The minimum atomic E-state index is -0.144. The summed E-state index contributed by atoms with van der Waals surface area (Å²) >= 11 is 0. The maximum absolute atomic E-state index is 12.2. The van der Waals surface area contributed by atoms with Crippen molar-refractivity contribution in [2.45, 2.75) is 65.0 Å². The molecule has 1 saturated carbocycles. The molecule has 1 atom stereocenters. The van der Waals surface area contributed by atoms with E-state index >= 15 is 0 Å². The first kappa shape index (κ1) is 14.4. The van der Waals surface area contributed by atoms with Gasteiger partial charge in [-0.05, 0) is 45.4 Å². The first-order valence-electron chi connectivity index (χ1n) is 7.57. The van der Waals surface area contributed by atoms with Gasteiger partial charge in [0.15, 0.2) is 0 Å². The van der Waals surface area contributed by atoms with Crippen LogP contribution in [0.1, 0.15) is 52.9 Å². The molecule has 2 fully saturated rings. The minimum absolute atomic E-state index is 0.0797. The van der Waals surface area contributed by atoms with Crippen LogP contribution in [-0.4, -0.2) is 35.3 Å². The molecule has 1 aliphatic carbocycles. The van der Waals surface area contributed by atoms with Gasteiger partial charge in [0, 0.05) is 25.0 Å². The Morgan fingerprint density at radius 3 is 2.42 bits per heavy atom. The Bertz CT molecular complexity index is 346. The van der Waals surface area contributed by atoms with Crippen LogP contribution in [-0.2, 0) is 9.59 Å². The highest BCUT2D eigenvalue weighted by molar-refractivity contribution is 5.89. The van der Waals surface area contributed by atoms with Gasteiger partial charge in [0.1, 0.15) is 0 Å². The number of carbonyl (C=O) groups excluding carboxylic acids is 2. The molecule has 108 valence electrons. The lowest BCUT2D eigenvalue weighted by Crippen LogP contribution is -2.42. The van der Waals surface area contributed by atoms with Gasteiger partial charge in [-0.15, -0.1) is 0 Å². The highest BCUT2D eigenvalue weighted by atomic mass is 16.2. The van der Waals surface area contributed by atoms with Crippen molar-refractivity contribution in [1.29, 1.82) is 0 Å². The van der Waals surface area contributed by atoms with Crippen LogP contribution in [0.15, 0.2) is 0 Å². The summed E-state index contributed by atoms with van der Waals surface area (Å²) in [6.45, 7) is 6.86. The third-order valence-electron chi connectivity index (χ3n) is 4.51. The lowest BCUT2D eigenvalue weighted by molar-refractivity contribution is -0.130. The van der Waals surface area contributed by atoms with Crippen LogP contribution in [0.5, 0.6) is 0 Å². The van der Waals surface area contributed by atoms with Crippen molar-refractivity contribution in [3.05, 3.63) is 0 Å². The smallest absolute Gasteiger partial charge is 0.225 e. The quantitative estimate of drug-likeness (QED) is 0.848. The van der Waals surface area contributed by atoms with Crippen LogP contribution in [0.25, 0.3) is 0 Å². The third-order valence-corrected chi connectivity index (χ3v) is 4.51. The van der Waals surface area contributed by atoms with Crippen molar-refractivity contribution in [2.75, 3.05) is 6.54 Å². The van der Waals surface area contributed by atoms with Gasteiger partial charge in [-0.2, -0.15) is 0 Å². The van der Waals surface area contributed by atoms with Gasteiger partial charge in [0.25, 0.3) is 0 Å². The zero-order chi connectivity index (χ0) is 14.0. The molecule has 4 heteroatoms. The van der Waals surface area contributed by atoms with E-state index in [-0.39, 0.29) is 23.8 Å². The summed E-state index contributed by atoms with van der Waals surface area (Å²) in [5.74, 6) is 0.843. The number of likely N-dealkylation sites (tertiary alicyclic amines) is 1. The standard InChI is InChI=1S/C15H26N2O2/c1-10(2)17-9-12(8-14(17)18)15(19)16-13-6-4-11(3)5-7-13/h10-13H,4-9H2,1-3H3,(H,16,19). The fourth-order valence-electron chi connectivity index (χ4n) is 3.13. The summed E-state index contributed by atoms with van der Waals surface area (Å²) in [7, 11) is 0. The normalized spacial score (nSPS) is 31.9. The number of nitrogens with zero attached hydrogens (tertiary/aromatic N) is 1. The molecule has 4 nitrogen and oxygen atoms in total. The molecule has 2 amide bonds. The molecule has 0 aromatic carbocycles. The summed E-state index contributed by atoms with van der Waals surface area (Å²) in [6, 6.07) is 0.521. The Balaban J connectivity index is 1.83. The second-order valence-electron chi connectivity index (χ2n) is 6.51. The van der Waals surface area contributed by atoms with E-state index in [0.717, 1.165) is 18.8 Å². The van der Waals surface area contributed by atoms with Crippen LogP contribution in [0.4, 0.5) is 0 Å². The maximum atomic E-state index is 12.2. The van der Waals surface area contributed by atoms with Gasteiger partial charge in [0.2, 0.25) is 11.8 Å². The van der Waals surface area contributed by atoms with E-state index in [1.54, 1.807) is 0 Å². The van der Waals surface area contributed by atoms with Gasteiger partial charge in [0.05, 0.1) is 5.92 Å². The van der Waals surface area contributed by atoms with Crippen LogP contribution in [0.3, 0.4) is 0 Å². The molecule has 19 heavy (non-hydrogen) atoms. The van der Waals surface area contributed by atoms with E-state index in [1.165, 1.54) is 12.8 Å². The lowest BCUT2D eigenvalue weighted by atomic mass is 9.87. The first-order chi connectivity index (χ1) is 8.97. The molecular weight excluding hydrogens is 240 g/mol. The average Bonchev–Trinajstić information content (AvgIpc) is 2.74. The fraction of sp³-hybridized carbons (Fsp3) is 0.867. The van der Waals surface area contributed by atoms with Crippen molar-refractivity contribution in [2.24, 2.45) is 11.8 Å². The lowest BCUT2D eigenvalue weighted by Gasteiger charge is -2.28. The first-order valence-corrected chi connectivity index (χ1v) is 7.57. The number of carbonyl (C=O) groups is 2.